The van der Waals surface area contributed by atoms with Crippen molar-refractivity contribution in [2.75, 3.05) is 11.1 Å². The van der Waals surface area contributed by atoms with Crippen LogP contribution in [-0.2, 0) is 10.5 Å². The van der Waals surface area contributed by atoms with E-state index in [4.69, 9.17) is 4.52 Å². The lowest BCUT2D eigenvalue weighted by Gasteiger charge is -2.03. The predicted molar refractivity (Wildman–Crippen MR) is 84.8 cm³/mol. The maximum absolute atomic E-state index is 11.7. The van der Waals surface area contributed by atoms with Crippen molar-refractivity contribution in [2.24, 2.45) is 0 Å². The molecule has 0 radical (unpaired) electrons. The number of halogens is 1. The van der Waals surface area contributed by atoms with Gasteiger partial charge in [0.05, 0.1) is 0 Å². The van der Waals surface area contributed by atoms with Crippen molar-refractivity contribution in [1.82, 2.24) is 5.16 Å². The van der Waals surface area contributed by atoms with Crippen LogP contribution in [0, 0.1) is 6.92 Å². The first-order chi connectivity index (χ1) is 9.63. The summed E-state index contributed by atoms with van der Waals surface area (Å²) < 4.78 is 5.96. The Hall–Kier alpha value is -1.27. The Balaban J connectivity index is 1.67. The van der Waals surface area contributed by atoms with Crippen LogP contribution in [0.5, 0.6) is 0 Å². The highest BCUT2D eigenvalue weighted by molar-refractivity contribution is 9.10. The largest absolute Gasteiger partial charge is 0.360 e. The minimum absolute atomic E-state index is 0.0416. The van der Waals surface area contributed by atoms with Crippen LogP contribution in [0.2, 0.25) is 0 Å². The van der Waals surface area contributed by atoms with Crippen molar-refractivity contribution >= 4 is 39.4 Å². The van der Waals surface area contributed by atoms with Crippen molar-refractivity contribution < 1.29 is 9.32 Å². The molecule has 0 bridgehead atoms. The van der Waals surface area contributed by atoms with Gasteiger partial charge in [-0.3, -0.25) is 4.79 Å². The number of thioether (sulfide) groups is 1. The molecule has 1 N–H and O–H groups in total. The molecule has 6 heteroatoms. The number of aromatic nitrogens is 1. The van der Waals surface area contributed by atoms with Gasteiger partial charge in [0, 0.05) is 28.5 Å². The Morgan fingerprint density at radius 1 is 1.45 bits per heavy atom. The van der Waals surface area contributed by atoms with Gasteiger partial charge in [-0.1, -0.05) is 33.2 Å². The average molecular weight is 355 g/mol. The molecule has 1 heterocycles. The maximum atomic E-state index is 11.7. The summed E-state index contributed by atoms with van der Waals surface area (Å²) >= 11 is 5.18. The molecular formula is C14H15BrN2O2S. The molecule has 0 aliphatic rings. The number of hydrogen-bond donors (Lipinski definition) is 1. The zero-order valence-corrected chi connectivity index (χ0v) is 13.5. The second-order valence-corrected chi connectivity index (χ2v) is 6.32. The fraction of sp³-hybridized carbons (Fsp3) is 0.286. The van der Waals surface area contributed by atoms with E-state index in [2.05, 4.69) is 38.5 Å². The van der Waals surface area contributed by atoms with Crippen LogP contribution in [0.15, 0.2) is 39.3 Å². The topological polar surface area (TPSA) is 55.1 Å². The number of carbonyl (C=O) groups excluding carboxylic acids is 1. The first-order valence-corrected chi connectivity index (χ1v) is 8.13. The molecule has 1 amide bonds. The molecule has 0 unspecified atom stereocenters. The smallest absolute Gasteiger partial charge is 0.226 e. The zero-order chi connectivity index (χ0) is 14.4. The third-order valence-electron chi connectivity index (χ3n) is 2.53. The van der Waals surface area contributed by atoms with Crippen LogP contribution in [0.4, 0.5) is 5.82 Å². The number of amides is 1. The van der Waals surface area contributed by atoms with Crippen LogP contribution in [0.25, 0.3) is 0 Å². The number of rotatable bonds is 6. The summed E-state index contributed by atoms with van der Waals surface area (Å²) in [7, 11) is 0. The maximum Gasteiger partial charge on any atom is 0.226 e. The van der Waals surface area contributed by atoms with Crippen molar-refractivity contribution in [2.45, 2.75) is 19.1 Å². The van der Waals surface area contributed by atoms with Gasteiger partial charge in [0.15, 0.2) is 5.82 Å². The van der Waals surface area contributed by atoms with E-state index in [-0.39, 0.29) is 5.91 Å². The van der Waals surface area contributed by atoms with Crippen molar-refractivity contribution in [1.29, 1.82) is 0 Å². The monoisotopic (exact) mass is 354 g/mol. The number of anilines is 1. The van der Waals surface area contributed by atoms with Crippen molar-refractivity contribution in [3.8, 4) is 0 Å². The minimum atomic E-state index is -0.0416. The van der Waals surface area contributed by atoms with E-state index in [1.165, 1.54) is 5.56 Å². The molecule has 0 saturated carbocycles. The molecule has 0 fully saturated rings. The fourth-order valence-corrected chi connectivity index (χ4v) is 2.95. The molecule has 0 saturated heterocycles. The fourth-order valence-electron chi connectivity index (χ4n) is 1.61. The summed E-state index contributed by atoms with van der Waals surface area (Å²) in [5, 5.41) is 6.43. The third kappa shape index (κ3) is 5.02. The van der Waals surface area contributed by atoms with Gasteiger partial charge in [-0.2, -0.15) is 11.8 Å². The number of carbonyl (C=O) groups is 1. The van der Waals surface area contributed by atoms with Gasteiger partial charge in [-0.05, 0) is 24.6 Å². The van der Waals surface area contributed by atoms with Gasteiger partial charge >= 0.3 is 0 Å². The van der Waals surface area contributed by atoms with Gasteiger partial charge in [-0.15, -0.1) is 0 Å². The Morgan fingerprint density at radius 2 is 2.30 bits per heavy atom. The zero-order valence-electron chi connectivity index (χ0n) is 11.1. The number of nitrogens with zero attached hydrogens (tertiary/aromatic N) is 1. The number of nitrogens with one attached hydrogen (secondary N) is 1. The van der Waals surface area contributed by atoms with Gasteiger partial charge in [0.1, 0.15) is 5.76 Å². The second kappa shape index (κ2) is 7.50. The Morgan fingerprint density at radius 3 is 3.00 bits per heavy atom. The second-order valence-electron chi connectivity index (χ2n) is 4.30. The molecule has 2 rings (SSSR count). The summed E-state index contributed by atoms with van der Waals surface area (Å²) in [5.74, 6) is 2.79. The van der Waals surface area contributed by atoms with Crippen molar-refractivity contribution in [3.63, 3.8) is 0 Å². The summed E-state index contributed by atoms with van der Waals surface area (Å²) in [6, 6.07) is 9.88. The van der Waals surface area contributed by atoms with Crippen LogP contribution in [0.1, 0.15) is 17.7 Å². The molecule has 2 aromatic rings. The molecular weight excluding hydrogens is 340 g/mol. The predicted octanol–water partition coefficient (Wildman–Crippen LogP) is 4.01. The molecule has 0 aliphatic carbocycles. The van der Waals surface area contributed by atoms with E-state index in [0.29, 0.717) is 18.0 Å². The van der Waals surface area contributed by atoms with Crippen LogP contribution in [0.3, 0.4) is 0 Å². The molecule has 0 aliphatic heterocycles. The normalized spacial score (nSPS) is 10.5. The van der Waals surface area contributed by atoms with Gasteiger partial charge in [0.25, 0.3) is 0 Å². The van der Waals surface area contributed by atoms with Crippen LogP contribution < -0.4 is 5.32 Å². The Bertz CT molecular complexity index is 586. The highest BCUT2D eigenvalue weighted by atomic mass is 79.9. The highest BCUT2D eigenvalue weighted by Gasteiger charge is 2.06. The lowest BCUT2D eigenvalue weighted by molar-refractivity contribution is -0.115. The van der Waals surface area contributed by atoms with E-state index in [1.54, 1.807) is 24.8 Å². The molecule has 20 heavy (non-hydrogen) atoms. The SMILES string of the molecule is Cc1cc(NC(=O)CCSCc2cccc(Br)c2)no1. The lowest BCUT2D eigenvalue weighted by Crippen LogP contribution is -2.12. The molecule has 1 aromatic heterocycles. The minimum Gasteiger partial charge on any atom is -0.360 e. The highest BCUT2D eigenvalue weighted by Crippen LogP contribution is 2.17. The van der Waals surface area contributed by atoms with Crippen LogP contribution >= 0.6 is 27.7 Å². The summed E-state index contributed by atoms with van der Waals surface area (Å²) in [4.78, 5) is 11.7. The van der Waals surface area contributed by atoms with Gasteiger partial charge in [0.2, 0.25) is 5.91 Å². The third-order valence-corrected chi connectivity index (χ3v) is 4.05. The summed E-state index contributed by atoms with van der Waals surface area (Å²) in [6.45, 7) is 1.79. The molecule has 4 nitrogen and oxygen atoms in total. The van der Waals surface area contributed by atoms with E-state index in [0.717, 1.165) is 16.0 Å². The first-order valence-electron chi connectivity index (χ1n) is 6.19. The number of aryl methyl sites for hydroxylation is 1. The van der Waals surface area contributed by atoms with E-state index in [1.807, 2.05) is 12.1 Å². The quantitative estimate of drug-likeness (QED) is 0.796. The van der Waals surface area contributed by atoms with Gasteiger partial charge in [-0.25, -0.2) is 0 Å². The van der Waals surface area contributed by atoms with Crippen molar-refractivity contribution in [3.05, 3.63) is 46.1 Å². The average Bonchev–Trinajstić information content (AvgIpc) is 2.80. The Kier molecular flexibility index (Phi) is 5.67. The van der Waals surface area contributed by atoms with Crippen LogP contribution in [-0.4, -0.2) is 16.8 Å². The molecule has 1 aromatic carbocycles. The molecule has 0 atom stereocenters. The summed E-state index contributed by atoms with van der Waals surface area (Å²) in [5.41, 5.74) is 1.25. The Labute approximate surface area is 130 Å². The summed E-state index contributed by atoms with van der Waals surface area (Å²) in [6.07, 6.45) is 0.463. The van der Waals surface area contributed by atoms with E-state index < -0.39 is 0 Å². The molecule has 0 spiro atoms. The lowest BCUT2D eigenvalue weighted by atomic mass is 10.2. The van der Waals surface area contributed by atoms with Gasteiger partial charge < -0.3 is 9.84 Å². The molecule has 106 valence electrons. The van der Waals surface area contributed by atoms with E-state index >= 15 is 0 Å². The number of hydrogen-bond acceptors (Lipinski definition) is 4. The first kappa shape index (κ1) is 15.1. The number of benzene rings is 1. The van der Waals surface area contributed by atoms with E-state index in [9.17, 15) is 4.79 Å². The standard InChI is InChI=1S/C14H15BrN2O2S/c1-10-7-13(17-19-10)16-14(18)5-6-20-9-11-3-2-4-12(15)8-11/h2-4,7-8H,5-6,9H2,1H3,(H,16,17,18).